The van der Waals surface area contributed by atoms with Crippen molar-refractivity contribution in [2.75, 3.05) is 0 Å². The average molecular weight is 577 g/mol. The molecule has 0 aliphatic carbocycles. The molecule has 3 rings (SSSR count). The number of aliphatic hydroxyl groups is 1. The van der Waals surface area contributed by atoms with Crippen molar-refractivity contribution in [2.24, 2.45) is 0 Å². The second-order valence-electron chi connectivity index (χ2n) is 8.01. The van der Waals surface area contributed by atoms with Gasteiger partial charge in [0.15, 0.2) is 27.6 Å². The zero-order valence-corrected chi connectivity index (χ0v) is 20.6. The van der Waals surface area contributed by atoms with Gasteiger partial charge < -0.3 is 9.94 Å². The van der Waals surface area contributed by atoms with E-state index in [0.29, 0.717) is 30.5 Å². The second kappa shape index (κ2) is 11.0. The maximum atomic E-state index is 14.8. The highest BCUT2D eigenvalue weighted by molar-refractivity contribution is 7.91. The Hall–Kier alpha value is -4.05. The van der Waals surface area contributed by atoms with Crippen LogP contribution in [0.2, 0.25) is 0 Å². The minimum atomic E-state index is -5.03. The standard InChI is InChI=1S/C23H17F6N3O6S/c1-10-7-16(21(34)32-38-22(35)11(2)33)30-9-13(10)20(18-14(24)4-5-15(25)19(18)26)39(36,37)12-3-6-17(31-8-12)23(27,28)29/h3-9,11,20,33H,1-2H3,(H,32,34). The van der Waals surface area contributed by atoms with E-state index in [4.69, 9.17) is 5.11 Å². The third-order valence-electron chi connectivity index (χ3n) is 5.26. The molecule has 0 aliphatic heterocycles. The molecule has 2 atom stereocenters. The normalized spacial score (nSPS) is 13.5. The summed E-state index contributed by atoms with van der Waals surface area (Å²) in [5, 5.41) is 6.71. The minimum absolute atomic E-state index is 0.131. The monoisotopic (exact) mass is 577 g/mol. The Morgan fingerprint density at radius 3 is 2.21 bits per heavy atom. The smallest absolute Gasteiger partial charge is 0.382 e. The fourth-order valence-electron chi connectivity index (χ4n) is 3.31. The van der Waals surface area contributed by atoms with E-state index in [1.54, 1.807) is 5.48 Å². The Morgan fingerprint density at radius 1 is 1.03 bits per heavy atom. The van der Waals surface area contributed by atoms with Crippen LogP contribution < -0.4 is 5.48 Å². The summed E-state index contributed by atoms with van der Waals surface area (Å²) in [5.74, 6) is -7.33. The highest BCUT2D eigenvalue weighted by Gasteiger charge is 2.39. The first-order valence-corrected chi connectivity index (χ1v) is 12.2. The number of aryl methyl sites for hydroxylation is 1. The SMILES string of the molecule is Cc1cc(C(=O)NOC(=O)C(C)O)ncc1C(c1c(F)ccc(F)c1F)S(=O)(=O)c1ccc(C(F)(F)F)nc1. The number of amides is 1. The van der Waals surface area contributed by atoms with Gasteiger partial charge in [0.2, 0.25) is 0 Å². The molecule has 0 bridgehead atoms. The number of sulfone groups is 1. The van der Waals surface area contributed by atoms with Crippen LogP contribution in [0.5, 0.6) is 0 Å². The van der Waals surface area contributed by atoms with Gasteiger partial charge in [0.25, 0.3) is 0 Å². The van der Waals surface area contributed by atoms with Crippen LogP contribution in [0, 0.1) is 24.4 Å². The van der Waals surface area contributed by atoms with Crippen molar-refractivity contribution in [3.63, 3.8) is 0 Å². The number of benzene rings is 1. The number of nitrogens with zero attached hydrogens (tertiary/aromatic N) is 2. The van der Waals surface area contributed by atoms with Crippen molar-refractivity contribution in [1.29, 1.82) is 0 Å². The first-order valence-electron chi connectivity index (χ1n) is 10.6. The lowest BCUT2D eigenvalue weighted by atomic mass is 10.00. The molecule has 0 spiro atoms. The van der Waals surface area contributed by atoms with Crippen molar-refractivity contribution in [3.8, 4) is 0 Å². The fourth-order valence-corrected chi connectivity index (χ4v) is 5.15. The maximum Gasteiger partial charge on any atom is 0.433 e. The molecule has 2 heterocycles. The minimum Gasteiger partial charge on any atom is -0.382 e. The predicted molar refractivity (Wildman–Crippen MR) is 119 cm³/mol. The van der Waals surface area contributed by atoms with Crippen LogP contribution in [0.3, 0.4) is 0 Å². The summed E-state index contributed by atoms with van der Waals surface area (Å²) in [6, 6.07) is 2.68. The van der Waals surface area contributed by atoms with E-state index in [1.165, 1.54) is 6.92 Å². The van der Waals surface area contributed by atoms with Gasteiger partial charge >= 0.3 is 18.1 Å². The Balaban J connectivity index is 2.15. The highest BCUT2D eigenvalue weighted by Crippen LogP contribution is 2.40. The van der Waals surface area contributed by atoms with Gasteiger partial charge in [0, 0.05) is 18.0 Å². The number of aromatic nitrogens is 2. The number of aliphatic hydroxyl groups excluding tert-OH is 1. The van der Waals surface area contributed by atoms with Gasteiger partial charge in [-0.25, -0.2) is 26.4 Å². The number of carbonyl (C=O) groups excluding carboxylic acids is 2. The molecule has 0 aliphatic rings. The molecule has 3 aromatic rings. The third-order valence-corrected chi connectivity index (χ3v) is 7.27. The summed E-state index contributed by atoms with van der Waals surface area (Å²) in [6.45, 7) is 2.27. The first-order chi connectivity index (χ1) is 18.1. The Bertz CT molecular complexity index is 1530. The third kappa shape index (κ3) is 6.17. The van der Waals surface area contributed by atoms with E-state index >= 15 is 0 Å². The number of nitrogens with one attached hydrogen (secondary N) is 1. The number of carbonyl (C=O) groups is 2. The van der Waals surface area contributed by atoms with Gasteiger partial charge in [-0.15, -0.1) is 0 Å². The molecule has 0 radical (unpaired) electrons. The van der Waals surface area contributed by atoms with E-state index in [1.807, 2.05) is 0 Å². The van der Waals surface area contributed by atoms with Crippen molar-refractivity contribution in [1.82, 2.24) is 15.4 Å². The van der Waals surface area contributed by atoms with Crippen LogP contribution in [0.15, 0.2) is 47.6 Å². The molecular weight excluding hydrogens is 560 g/mol. The number of rotatable bonds is 6. The fraction of sp³-hybridized carbons (Fsp3) is 0.217. The molecule has 0 saturated heterocycles. The molecule has 16 heteroatoms. The molecular formula is C23H17F6N3O6S. The lowest BCUT2D eigenvalue weighted by molar-refractivity contribution is -0.158. The number of hydrogen-bond donors (Lipinski definition) is 2. The summed E-state index contributed by atoms with van der Waals surface area (Å²) in [5.41, 5.74) is -2.10. The molecule has 208 valence electrons. The highest BCUT2D eigenvalue weighted by atomic mass is 32.2. The van der Waals surface area contributed by atoms with Gasteiger partial charge in [-0.1, -0.05) is 0 Å². The summed E-state index contributed by atoms with van der Waals surface area (Å²) in [4.78, 5) is 33.8. The summed E-state index contributed by atoms with van der Waals surface area (Å²) in [6.07, 6.45) is -5.43. The molecule has 9 nitrogen and oxygen atoms in total. The lowest BCUT2D eigenvalue weighted by Crippen LogP contribution is -2.32. The zero-order valence-electron chi connectivity index (χ0n) is 19.8. The number of hydroxylamine groups is 1. The number of pyridine rings is 2. The molecule has 2 aromatic heterocycles. The predicted octanol–water partition coefficient (Wildman–Crippen LogP) is 3.35. The topological polar surface area (TPSA) is 136 Å². The van der Waals surface area contributed by atoms with Gasteiger partial charge in [0.05, 0.1) is 4.90 Å². The quantitative estimate of drug-likeness (QED) is 0.259. The van der Waals surface area contributed by atoms with Crippen LogP contribution in [-0.2, 0) is 25.6 Å². The number of hydrogen-bond acceptors (Lipinski definition) is 8. The van der Waals surface area contributed by atoms with Crippen LogP contribution in [0.25, 0.3) is 0 Å². The van der Waals surface area contributed by atoms with Gasteiger partial charge in [0.1, 0.15) is 22.5 Å². The van der Waals surface area contributed by atoms with Crippen molar-refractivity contribution < 1.29 is 54.3 Å². The second-order valence-corrected chi connectivity index (χ2v) is 10.0. The van der Waals surface area contributed by atoms with Crippen molar-refractivity contribution in [3.05, 3.63) is 88.3 Å². The van der Waals surface area contributed by atoms with Gasteiger partial charge in [-0.3, -0.25) is 14.8 Å². The lowest BCUT2D eigenvalue weighted by Gasteiger charge is -2.22. The molecule has 1 amide bonds. The number of halogens is 6. The molecule has 39 heavy (non-hydrogen) atoms. The largest absolute Gasteiger partial charge is 0.433 e. The Labute approximate surface area is 216 Å². The van der Waals surface area contributed by atoms with Gasteiger partial charge in [-0.05, 0) is 55.3 Å². The van der Waals surface area contributed by atoms with Crippen LogP contribution in [0.1, 0.15) is 45.0 Å². The molecule has 2 N–H and O–H groups in total. The van der Waals surface area contributed by atoms with Crippen molar-refractivity contribution in [2.45, 2.75) is 36.3 Å². The van der Waals surface area contributed by atoms with Gasteiger partial charge in [-0.2, -0.15) is 18.7 Å². The van der Waals surface area contributed by atoms with Crippen LogP contribution in [0.4, 0.5) is 26.3 Å². The first kappa shape index (κ1) is 29.5. The summed E-state index contributed by atoms with van der Waals surface area (Å²) in [7, 11) is -5.03. The van der Waals surface area contributed by atoms with E-state index in [9.17, 15) is 44.3 Å². The molecule has 2 unspecified atom stereocenters. The molecule has 0 saturated carbocycles. The Morgan fingerprint density at radius 2 is 1.67 bits per heavy atom. The van der Waals surface area contributed by atoms with Crippen LogP contribution in [-0.4, -0.2) is 41.5 Å². The molecule has 1 aromatic carbocycles. The summed E-state index contributed by atoms with van der Waals surface area (Å²) >= 11 is 0. The summed E-state index contributed by atoms with van der Waals surface area (Å²) < 4.78 is 110. The zero-order chi connectivity index (χ0) is 29.3. The number of alkyl halides is 3. The van der Waals surface area contributed by atoms with E-state index < -0.39 is 84.1 Å². The maximum absolute atomic E-state index is 14.8. The van der Waals surface area contributed by atoms with E-state index in [2.05, 4.69) is 14.8 Å². The van der Waals surface area contributed by atoms with Crippen molar-refractivity contribution >= 4 is 21.7 Å². The average Bonchev–Trinajstić information content (AvgIpc) is 2.87. The molecule has 0 fully saturated rings. The Kier molecular flexibility index (Phi) is 8.30. The van der Waals surface area contributed by atoms with E-state index in [-0.39, 0.29) is 5.56 Å². The van der Waals surface area contributed by atoms with E-state index in [0.717, 1.165) is 19.2 Å². The van der Waals surface area contributed by atoms with Crippen LogP contribution >= 0.6 is 0 Å².